The molecule has 1 fully saturated rings. The second-order valence-corrected chi connectivity index (χ2v) is 5.39. The third-order valence-corrected chi connectivity index (χ3v) is 3.88. The van der Waals surface area contributed by atoms with Crippen LogP contribution in [0.3, 0.4) is 0 Å². The molecule has 1 aromatic carbocycles. The summed E-state index contributed by atoms with van der Waals surface area (Å²) >= 11 is 0. The number of nitrogens with zero attached hydrogens (tertiary/aromatic N) is 1. The average molecular weight is 292 g/mol. The molecule has 21 heavy (non-hydrogen) atoms. The summed E-state index contributed by atoms with van der Waals surface area (Å²) in [4.78, 5) is 13.0. The van der Waals surface area contributed by atoms with E-state index in [2.05, 4.69) is 17.1 Å². The van der Waals surface area contributed by atoms with E-state index in [1.807, 2.05) is 18.2 Å². The number of hydrogen-bond acceptors (Lipinski definition) is 4. The van der Waals surface area contributed by atoms with Gasteiger partial charge in [0.05, 0.1) is 0 Å². The van der Waals surface area contributed by atoms with Crippen LogP contribution in [0.4, 0.5) is 0 Å². The molecule has 1 heterocycles. The molecule has 0 saturated carbocycles. The topological polar surface area (TPSA) is 61.8 Å². The minimum atomic E-state index is -0.959. The van der Waals surface area contributed by atoms with Gasteiger partial charge >= 0.3 is 5.97 Å². The third kappa shape index (κ3) is 5.02. The maximum absolute atomic E-state index is 10.5. The zero-order valence-corrected chi connectivity index (χ0v) is 12.5. The zero-order chi connectivity index (χ0) is 15.1. The number of benzene rings is 1. The Morgan fingerprint density at radius 1 is 1.52 bits per heavy atom. The monoisotopic (exact) mass is 292 g/mol. The highest BCUT2D eigenvalue weighted by Gasteiger charge is 2.21. The summed E-state index contributed by atoms with van der Waals surface area (Å²) in [6, 6.07) is 8.22. The van der Waals surface area contributed by atoms with E-state index in [4.69, 9.17) is 9.84 Å². The summed E-state index contributed by atoms with van der Waals surface area (Å²) in [6.07, 6.45) is 2.56. The zero-order valence-electron chi connectivity index (χ0n) is 12.5. The van der Waals surface area contributed by atoms with Gasteiger partial charge in [0.1, 0.15) is 5.75 Å². The van der Waals surface area contributed by atoms with Crippen molar-refractivity contribution in [1.82, 2.24) is 10.2 Å². The number of likely N-dealkylation sites (tertiary alicyclic amines) is 1. The molecule has 0 radical (unpaired) electrons. The van der Waals surface area contributed by atoms with E-state index in [0.717, 1.165) is 25.2 Å². The quantitative estimate of drug-likeness (QED) is 0.764. The fraction of sp³-hybridized carbons (Fsp3) is 0.562. The van der Waals surface area contributed by atoms with E-state index in [-0.39, 0.29) is 6.61 Å². The van der Waals surface area contributed by atoms with Crippen molar-refractivity contribution in [1.29, 1.82) is 0 Å². The first-order chi connectivity index (χ1) is 10.2. The molecule has 2 rings (SSSR count). The first-order valence-corrected chi connectivity index (χ1v) is 7.57. The lowest BCUT2D eigenvalue weighted by Gasteiger charge is -2.23. The standard InChI is InChI=1S/C16H24N2O3/c1-2-18-8-4-6-14(18)11-17-10-13-5-3-7-15(9-13)21-12-16(19)20/h3,5,7,9,14,17H,2,4,6,8,10-12H2,1H3,(H,19,20)/t14-/m0/s1. The van der Waals surface area contributed by atoms with Gasteiger partial charge in [-0.05, 0) is 43.6 Å². The van der Waals surface area contributed by atoms with Crippen molar-refractivity contribution in [3.63, 3.8) is 0 Å². The van der Waals surface area contributed by atoms with Gasteiger partial charge < -0.3 is 15.2 Å². The molecule has 0 amide bonds. The summed E-state index contributed by atoms with van der Waals surface area (Å²) in [5.41, 5.74) is 1.11. The second kappa shape index (κ2) is 8.00. The maximum atomic E-state index is 10.5. The number of nitrogens with one attached hydrogen (secondary N) is 1. The van der Waals surface area contributed by atoms with E-state index in [9.17, 15) is 4.79 Å². The van der Waals surface area contributed by atoms with Crippen LogP contribution in [-0.2, 0) is 11.3 Å². The first kappa shape index (κ1) is 15.8. The number of carboxylic acid groups (broad SMARTS) is 1. The molecule has 1 aliphatic heterocycles. The van der Waals surface area contributed by atoms with Crippen molar-refractivity contribution in [2.45, 2.75) is 32.4 Å². The Kier molecular flexibility index (Phi) is 6.02. The number of aliphatic carboxylic acids is 1. The maximum Gasteiger partial charge on any atom is 0.341 e. The van der Waals surface area contributed by atoms with Crippen LogP contribution in [0.5, 0.6) is 5.75 Å². The molecule has 5 nitrogen and oxygen atoms in total. The number of hydrogen-bond donors (Lipinski definition) is 2. The first-order valence-electron chi connectivity index (χ1n) is 7.57. The highest BCUT2D eigenvalue weighted by atomic mass is 16.5. The number of likely N-dealkylation sites (N-methyl/N-ethyl adjacent to an activating group) is 1. The lowest BCUT2D eigenvalue weighted by Crippen LogP contribution is -2.37. The normalized spacial score (nSPS) is 18.8. The molecule has 1 aromatic rings. The van der Waals surface area contributed by atoms with Crippen LogP contribution in [0.25, 0.3) is 0 Å². The largest absolute Gasteiger partial charge is 0.482 e. The van der Waals surface area contributed by atoms with Gasteiger partial charge in [0, 0.05) is 19.1 Å². The molecule has 116 valence electrons. The minimum Gasteiger partial charge on any atom is -0.482 e. The summed E-state index contributed by atoms with van der Waals surface area (Å²) < 4.78 is 5.19. The Hall–Kier alpha value is -1.59. The van der Waals surface area contributed by atoms with Gasteiger partial charge in [-0.1, -0.05) is 19.1 Å². The molecule has 0 bridgehead atoms. The Balaban J connectivity index is 1.77. The highest BCUT2D eigenvalue weighted by Crippen LogP contribution is 2.16. The average Bonchev–Trinajstić information content (AvgIpc) is 2.93. The van der Waals surface area contributed by atoms with E-state index in [1.165, 1.54) is 19.4 Å². The van der Waals surface area contributed by atoms with Gasteiger partial charge in [0.25, 0.3) is 0 Å². The fourth-order valence-electron chi connectivity index (χ4n) is 2.82. The Labute approximate surface area is 125 Å². The number of carboxylic acids is 1. The SMILES string of the molecule is CCN1CCC[C@H]1CNCc1cccc(OCC(=O)O)c1. The minimum absolute atomic E-state index is 0.301. The summed E-state index contributed by atoms with van der Waals surface area (Å²) in [5.74, 6) is -0.354. The Morgan fingerprint density at radius 2 is 2.38 bits per heavy atom. The van der Waals surface area contributed by atoms with Crippen molar-refractivity contribution in [3.8, 4) is 5.75 Å². The van der Waals surface area contributed by atoms with Crippen molar-refractivity contribution >= 4 is 5.97 Å². The van der Waals surface area contributed by atoms with Crippen LogP contribution >= 0.6 is 0 Å². The number of carbonyl (C=O) groups is 1. The van der Waals surface area contributed by atoms with E-state index >= 15 is 0 Å². The van der Waals surface area contributed by atoms with Crippen LogP contribution in [-0.4, -0.2) is 48.3 Å². The molecule has 1 aliphatic rings. The second-order valence-electron chi connectivity index (χ2n) is 5.39. The van der Waals surface area contributed by atoms with Crippen molar-refractivity contribution in [3.05, 3.63) is 29.8 Å². The van der Waals surface area contributed by atoms with E-state index in [1.54, 1.807) is 6.07 Å². The van der Waals surface area contributed by atoms with Gasteiger partial charge in [-0.2, -0.15) is 0 Å². The molecule has 5 heteroatoms. The molecule has 0 unspecified atom stereocenters. The van der Waals surface area contributed by atoms with Gasteiger partial charge in [0.15, 0.2) is 6.61 Å². The highest BCUT2D eigenvalue weighted by molar-refractivity contribution is 5.68. The van der Waals surface area contributed by atoms with E-state index in [0.29, 0.717) is 11.8 Å². The Bertz CT molecular complexity index is 465. The molecule has 0 aliphatic carbocycles. The van der Waals surface area contributed by atoms with Crippen LogP contribution < -0.4 is 10.1 Å². The van der Waals surface area contributed by atoms with Gasteiger partial charge in [-0.25, -0.2) is 4.79 Å². The van der Waals surface area contributed by atoms with Crippen LogP contribution in [0.1, 0.15) is 25.3 Å². The molecule has 2 N–H and O–H groups in total. The van der Waals surface area contributed by atoms with Crippen LogP contribution in [0, 0.1) is 0 Å². The van der Waals surface area contributed by atoms with Crippen molar-refractivity contribution < 1.29 is 14.6 Å². The van der Waals surface area contributed by atoms with Gasteiger partial charge in [-0.15, -0.1) is 0 Å². The summed E-state index contributed by atoms with van der Waals surface area (Å²) in [5, 5.41) is 12.1. The molecular formula is C16H24N2O3. The predicted molar refractivity (Wildman–Crippen MR) is 81.5 cm³/mol. The van der Waals surface area contributed by atoms with Crippen molar-refractivity contribution in [2.24, 2.45) is 0 Å². The number of ether oxygens (including phenoxy) is 1. The lowest BCUT2D eigenvalue weighted by atomic mass is 10.2. The summed E-state index contributed by atoms with van der Waals surface area (Å²) in [6.45, 7) is 6.00. The van der Waals surface area contributed by atoms with Crippen LogP contribution in [0.2, 0.25) is 0 Å². The third-order valence-electron chi connectivity index (χ3n) is 3.88. The molecule has 1 saturated heterocycles. The van der Waals surface area contributed by atoms with E-state index < -0.39 is 5.97 Å². The van der Waals surface area contributed by atoms with Crippen molar-refractivity contribution in [2.75, 3.05) is 26.2 Å². The predicted octanol–water partition coefficient (Wildman–Crippen LogP) is 1.72. The Morgan fingerprint density at radius 3 is 3.14 bits per heavy atom. The van der Waals surface area contributed by atoms with Gasteiger partial charge in [0.2, 0.25) is 0 Å². The van der Waals surface area contributed by atoms with Crippen LogP contribution in [0.15, 0.2) is 24.3 Å². The number of rotatable bonds is 8. The fourth-order valence-corrected chi connectivity index (χ4v) is 2.82. The lowest BCUT2D eigenvalue weighted by molar-refractivity contribution is -0.139. The van der Waals surface area contributed by atoms with Gasteiger partial charge in [-0.3, -0.25) is 4.90 Å². The molecule has 0 spiro atoms. The summed E-state index contributed by atoms with van der Waals surface area (Å²) in [7, 11) is 0. The smallest absolute Gasteiger partial charge is 0.341 e. The molecular weight excluding hydrogens is 268 g/mol. The molecule has 1 atom stereocenters. The molecule has 0 aromatic heterocycles.